The maximum atomic E-state index is 13.6. The summed E-state index contributed by atoms with van der Waals surface area (Å²) >= 11 is 0. The number of amides is 1. The number of allylic oxidation sites excluding steroid dienone is 1. The molecule has 1 aliphatic rings. The topological polar surface area (TPSA) is 83.9 Å². The van der Waals surface area contributed by atoms with Crippen molar-refractivity contribution < 1.29 is 33.0 Å². The Balaban J connectivity index is 2.06. The zero-order valence-electron chi connectivity index (χ0n) is 18.7. The number of ether oxygens (including phenoxy) is 1. The normalized spacial score (nSPS) is 14.4. The Morgan fingerprint density at radius 3 is 2.09 bits per heavy atom. The molecule has 2 aromatic rings. The average molecular weight is 469 g/mol. The summed E-state index contributed by atoms with van der Waals surface area (Å²) < 4.78 is 31.7. The maximum Gasteiger partial charge on any atom is 0.313 e. The van der Waals surface area contributed by atoms with Crippen molar-refractivity contribution in [3.63, 3.8) is 0 Å². The largest absolute Gasteiger partial charge is 0.469 e. The third-order valence-corrected chi connectivity index (χ3v) is 5.37. The molecule has 1 amide bonds. The number of hydrogen-bond donors (Lipinski definition) is 1. The molecule has 0 bridgehead atoms. The van der Waals surface area contributed by atoms with Gasteiger partial charge in [-0.3, -0.25) is 14.4 Å². The number of aliphatic hydroxyl groups is 1. The van der Waals surface area contributed by atoms with Gasteiger partial charge in [0.2, 0.25) is 5.91 Å². The Morgan fingerprint density at radius 1 is 1.06 bits per heavy atom. The number of esters is 1. The molecule has 178 valence electrons. The second-order valence-corrected chi connectivity index (χ2v) is 7.85. The van der Waals surface area contributed by atoms with E-state index in [1.807, 2.05) is 0 Å². The van der Waals surface area contributed by atoms with Crippen LogP contribution in [0.3, 0.4) is 0 Å². The standard InChI is InChI=1S/C26H25F2NO5/c1-34-25(33)16-22(31)15-21(30)12-13-23(29-14-2-3-24(29)32)26(17-4-8-19(27)9-5-17)18-6-10-20(28)11-7-18/h4-13,21,30H,2-3,14-16H2,1H3. The Hall–Kier alpha value is -3.65. The summed E-state index contributed by atoms with van der Waals surface area (Å²) in [6.45, 7) is 0.432. The van der Waals surface area contributed by atoms with E-state index in [1.165, 1.54) is 43.5 Å². The van der Waals surface area contributed by atoms with Crippen LogP contribution >= 0.6 is 0 Å². The molecule has 0 spiro atoms. The summed E-state index contributed by atoms with van der Waals surface area (Å²) in [6.07, 6.45) is 1.89. The second kappa shape index (κ2) is 11.5. The predicted octanol–water partition coefficient (Wildman–Crippen LogP) is 3.79. The number of methoxy groups -OCH3 is 1. The summed E-state index contributed by atoms with van der Waals surface area (Å²) in [4.78, 5) is 37.5. The number of rotatable bonds is 9. The highest BCUT2D eigenvalue weighted by Gasteiger charge is 2.26. The lowest BCUT2D eigenvalue weighted by atomic mass is 9.94. The van der Waals surface area contributed by atoms with Crippen LogP contribution in [0.4, 0.5) is 8.78 Å². The highest BCUT2D eigenvalue weighted by molar-refractivity contribution is 5.95. The van der Waals surface area contributed by atoms with E-state index in [0.717, 1.165) is 0 Å². The molecule has 1 saturated heterocycles. The first-order valence-electron chi connectivity index (χ1n) is 10.8. The monoisotopic (exact) mass is 469 g/mol. The fourth-order valence-corrected chi connectivity index (χ4v) is 3.72. The van der Waals surface area contributed by atoms with Crippen molar-refractivity contribution in [2.24, 2.45) is 0 Å². The first-order valence-corrected chi connectivity index (χ1v) is 10.8. The highest BCUT2D eigenvalue weighted by atomic mass is 19.1. The minimum atomic E-state index is -1.22. The molecule has 8 heteroatoms. The minimum absolute atomic E-state index is 0.127. The molecule has 6 nitrogen and oxygen atoms in total. The fraction of sp³-hybridized carbons (Fsp3) is 0.269. The van der Waals surface area contributed by atoms with Gasteiger partial charge in [0.05, 0.1) is 18.9 Å². The lowest BCUT2D eigenvalue weighted by molar-refractivity contribution is -0.143. The van der Waals surface area contributed by atoms with Crippen molar-refractivity contribution in [2.45, 2.75) is 31.8 Å². The zero-order chi connectivity index (χ0) is 24.7. The molecule has 2 aromatic carbocycles. The van der Waals surface area contributed by atoms with Crippen LogP contribution in [0.25, 0.3) is 5.57 Å². The highest BCUT2D eigenvalue weighted by Crippen LogP contribution is 2.32. The Labute approximate surface area is 196 Å². The molecule has 1 unspecified atom stereocenters. The molecule has 1 heterocycles. The Kier molecular flexibility index (Phi) is 8.43. The van der Waals surface area contributed by atoms with Crippen LogP contribution in [0.5, 0.6) is 0 Å². The van der Waals surface area contributed by atoms with Gasteiger partial charge in [-0.25, -0.2) is 8.78 Å². The third-order valence-electron chi connectivity index (χ3n) is 5.37. The number of nitrogens with zero attached hydrogens (tertiary/aromatic N) is 1. The van der Waals surface area contributed by atoms with Crippen LogP contribution in [-0.2, 0) is 19.1 Å². The van der Waals surface area contributed by atoms with Crippen LogP contribution in [-0.4, -0.2) is 47.4 Å². The van der Waals surface area contributed by atoms with Crippen molar-refractivity contribution in [1.82, 2.24) is 4.90 Å². The van der Waals surface area contributed by atoms with Crippen molar-refractivity contribution in [3.8, 4) is 0 Å². The van der Waals surface area contributed by atoms with E-state index in [1.54, 1.807) is 29.2 Å². The number of halogens is 2. The Morgan fingerprint density at radius 2 is 1.62 bits per heavy atom. The molecule has 0 radical (unpaired) electrons. The quantitative estimate of drug-likeness (QED) is 0.343. The number of hydrogen-bond acceptors (Lipinski definition) is 5. The molecular weight excluding hydrogens is 444 g/mol. The third kappa shape index (κ3) is 6.45. The van der Waals surface area contributed by atoms with E-state index in [-0.39, 0.29) is 12.3 Å². The van der Waals surface area contributed by atoms with Gasteiger partial charge >= 0.3 is 5.97 Å². The number of benzene rings is 2. The van der Waals surface area contributed by atoms with Gasteiger partial charge in [-0.2, -0.15) is 0 Å². The van der Waals surface area contributed by atoms with Crippen molar-refractivity contribution in [1.29, 1.82) is 0 Å². The van der Waals surface area contributed by atoms with Crippen LogP contribution < -0.4 is 0 Å². The van der Waals surface area contributed by atoms with Gasteiger partial charge in [0.1, 0.15) is 23.8 Å². The number of likely N-dealkylation sites (tertiary alicyclic amines) is 1. The van der Waals surface area contributed by atoms with Gasteiger partial charge in [-0.1, -0.05) is 30.3 Å². The lowest BCUT2D eigenvalue weighted by Crippen LogP contribution is -2.25. The number of carbonyl (C=O) groups is 3. The minimum Gasteiger partial charge on any atom is -0.469 e. The first-order chi connectivity index (χ1) is 16.3. The van der Waals surface area contributed by atoms with Crippen molar-refractivity contribution >= 4 is 23.2 Å². The van der Waals surface area contributed by atoms with E-state index in [2.05, 4.69) is 4.74 Å². The lowest BCUT2D eigenvalue weighted by Gasteiger charge is -2.23. The van der Waals surface area contributed by atoms with E-state index in [0.29, 0.717) is 41.8 Å². The van der Waals surface area contributed by atoms with E-state index >= 15 is 0 Å². The van der Waals surface area contributed by atoms with Gasteiger partial charge < -0.3 is 14.7 Å². The van der Waals surface area contributed by atoms with Crippen LogP contribution in [0, 0.1) is 11.6 Å². The van der Waals surface area contributed by atoms with Gasteiger partial charge in [0.15, 0.2) is 0 Å². The number of aliphatic hydroxyl groups excluding tert-OH is 1. The number of ketones is 1. The van der Waals surface area contributed by atoms with Crippen LogP contribution in [0.1, 0.15) is 36.8 Å². The molecule has 0 aliphatic carbocycles. The zero-order valence-corrected chi connectivity index (χ0v) is 18.7. The van der Waals surface area contributed by atoms with Gasteiger partial charge in [-0.05, 0) is 47.9 Å². The summed E-state index contributed by atoms with van der Waals surface area (Å²) in [5, 5.41) is 10.4. The summed E-state index contributed by atoms with van der Waals surface area (Å²) in [7, 11) is 1.17. The van der Waals surface area contributed by atoms with Gasteiger partial charge in [0, 0.05) is 25.0 Å². The second-order valence-electron chi connectivity index (χ2n) is 7.85. The fourth-order valence-electron chi connectivity index (χ4n) is 3.72. The van der Waals surface area contributed by atoms with E-state index < -0.39 is 35.9 Å². The van der Waals surface area contributed by atoms with Gasteiger partial charge in [0.25, 0.3) is 0 Å². The predicted molar refractivity (Wildman–Crippen MR) is 121 cm³/mol. The Bertz CT molecular complexity index is 1060. The smallest absolute Gasteiger partial charge is 0.313 e. The van der Waals surface area contributed by atoms with Crippen molar-refractivity contribution in [3.05, 3.63) is 89.1 Å². The molecule has 0 aromatic heterocycles. The van der Waals surface area contributed by atoms with E-state index in [9.17, 15) is 28.3 Å². The van der Waals surface area contributed by atoms with Gasteiger partial charge in [-0.15, -0.1) is 0 Å². The first kappa shape index (κ1) is 25.0. The molecule has 1 fully saturated rings. The van der Waals surface area contributed by atoms with E-state index in [4.69, 9.17) is 0 Å². The SMILES string of the molecule is COC(=O)CC(=O)CC(O)C=CC(=C(c1ccc(F)cc1)c1ccc(F)cc1)N1CCCC1=O. The molecule has 1 N–H and O–H groups in total. The molecule has 0 saturated carbocycles. The summed E-state index contributed by atoms with van der Waals surface area (Å²) in [5.41, 5.74) is 2.15. The average Bonchev–Trinajstić information content (AvgIpc) is 3.23. The number of Topliss-reactive ketones (excluding diaryl/α,β-unsaturated/α-hetero) is 1. The summed E-state index contributed by atoms with van der Waals surface area (Å²) in [6, 6.07) is 11.4. The van der Waals surface area contributed by atoms with Crippen LogP contribution in [0.15, 0.2) is 66.4 Å². The number of carbonyl (C=O) groups excluding carboxylic acids is 3. The van der Waals surface area contributed by atoms with Crippen LogP contribution in [0.2, 0.25) is 0 Å². The summed E-state index contributed by atoms with van der Waals surface area (Å²) in [5.74, 6) is -2.19. The molecule has 1 atom stereocenters. The molecule has 34 heavy (non-hydrogen) atoms. The molecule has 3 rings (SSSR count). The molecule has 1 aliphatic heterocycles. The van der Waals surface area contributed by atoms with Crippen molar-refractivity contribution in [2.75, 3.05) is 13.7 Å². The molecular formula is C26H25F2NO5. The maximum absolute atomic E-state index is 13.6.